The number of ether oxygens (including phenoxy) is 1. The van der Waals surface area contributed by atoms with Crippen molar-refractivity contribution < 1.29 is 19.7 Å². The predicted molar refractivity (Wildman–Crippen MR) is 66.9 cm³/mol. The molecular formula is C13H26O4. The first-order valence-electron chi connectivity index (χ1n) is 6.46. The van der Waals surface area contributed by atoms with Gasteiger partial charge in [0.15, 0.2) is 0 Å². The van der Waals surface area contributed by atoms with E-state index in [1.807, 2.05) is 6.92 Å². The van der Waals surface area contributed by atoms with E-state index in [9.17, 15) is 15.0 Å². The lowest BCUT2D eigenvalue weighted by Gasteiger charge is -2.11. The first-order chi connectivity index (χ1) is 8.10. The standard InChI is InChI=1S/C13H26O4/c1-3-11(14)5-4-6-12(15)7-8-13(16)9-10-17-2/h11-12,14-15H,3-10H2,1-2H3. The van der Waals surface area contributed by atoms with Crippen molar-refractivity contribution >= 4 is 5.78 Å². The molecule has 2 atom stereocenters. The summed E-state index contributed by atoms with van der Waals surface area (Å²) in [5.41, 5.74) is 0. The summed E-state index contributed by atoms with van der Waals surface area (Å²) in [5, 5.41) is 19.0. The van der Waals surface area contributed by atoms with Crippen LogP contribution in [0, 0.1) is 0 Å². The van der Waals surface area contributed by atoms with Crippen molar-refractivity contribution in [1.82, 2.24) is 0 Å². The van der Waals surface area contributed by atoms with Crippen molar-refractivity contribution in [3.05, 3.63) is 0 Å². The van der Waals surface area contributed by atoms with E-state index in [0.717, 1.165) is 19.3 Å². The fourth-order valence-electron chi connectivity index (χ4n) is 1.61. The van der Waals surface area contributed by atoms with Gasteiger partial charge in [0, 0.05) is 20.0 Å². The van der Waals surface area contributed by atoms with E-state index < -0.39 is 6.10 Å². The summed E-state index contributed by atoms with van der Waals surface area (Å²) in [6.07, 6.45) is 3.63. The normalized spacial score (nSPS) is 14.6. The molecule has 0 radical (unpaired) electrons. The Balaban J connectivity index is 3.45. The fourth-order valence-corrected chi connectivity index (χ4v) is 1.61. The van der Waals surface area contributed by atoms with E-state index in [0.29, 0.717) is 32.3 Å². The van der Waals surface area contributed by atoms with Crippen molar-refractivity contribution in [3.63, 3.8) is 0 Å². The molecule has 2 unspecified atom stereocenters. The highest BCUT2D eigenvalue weighted by Gasteiger charge is 2.09. The Bertz CT molecular complexity index is 194. The van der Waals surface area contributed by atoms with Crippen LogP contribution in [0.25, 0.3) is 0 Å². The zero-order chi connectivity index (χ0) is 13.1. The molecule has 0 saturated carbocycles. The molecule has 0 rings (SSSR count). The number of methoxy groups -OCH3 is 1. The summed E-state index contributed by atoms with van der Waals surface area (Å²) in [5.74, 6) is 0.138. The average molecular weight is 246 g/mol. The lowest BCUT2D eigenvalue weighted by atomic mass is 10.0. The van der Waals surface area contributed by atoms with Gasteiger partial charge < -0.3 is 14.9 Å². The Morgan fingerprint density at radius 3 is 2.35 bits per heavy atom. The molecule has 0 aliphatic carbocycles. The molecule has 17 heavy (non-hydrogen) atoms. The molecule has 0 aromatic rings. The predicted octanol–water partition coefficient (Wildman–Crippen LogP) is 1.67. The van der Waals surface area contributed by atoms with Crippen molar-refractivity contribution in [2.75, 3.05) is 13.7 Å². The monoisotopic (exact) mass is 246 g/mol. The number of carbonyl (C=O) groups excluding carboxylic acids is 1. The molecular weight excluding hydrogens is 220 g/mol. The van der Waals surface area contributed by atoms with Gasteiger partial charge in [-0.1, -0.05) is 6.92 Å². The first-order valence-corrected chi connectivity index (χ1v) is 6.46. The Kier molecular flexibility index (Phi) is 10.4. The van der Waals surface area contributed by atoms with Crippen LogP contribution < -0.4 is 0 Å². The van der Waals surface area contributed by atoms with Gasteiger partial charge in [0.25, 0.3) is 0 Å². The van der Waals surface area contributed by atoms with Crippen LogP contribution in [0.5, 0.6) is 0 Å². The van der Waals surface area contributed by atoms with Crippen LogP contribution in [-0.4, -0.2) is 41.9 Å². The molecule has 4 nitrogen and oxygen atoms in total. The lowest BCUT2D eigenvalue weighted by Crippen LogP contribution is -2.12. The minimum Gasteiger partial charge on any atom is -0.393 e. The van der Waals surface area contributed by atoms with E-state index in [-0.39, 0.29) is 11.9 Å². The molecule has 0 aliphatic heterocycles. The number of aliphatic hydroxyl groups excluding tert-OH is 2. The second kappa shape index (κ2) is 10.7. The summed E-state index contributed by atoms with van der Waals surface area (Å²) >= 11 is 0. The van der Waals surface area contributed by atoms with Crippen LogP contribution in [0.4, 0.5) is 0 Å². The molecule has 2 N–H and O–H groups in total. The second-order valence-electron chi connectivity index (χ2n) is 4.47. The highest BCUT2D eigenvalue weighted by atomic mass is 16.5. The maximum Gasteiger partial charge on any atom is 0.135 e. The summed E-state index contributed by atoms with van der Waals surface area (Å²) in [6, 6.07) is 0. The van der Waals surface area contributed by atoms with Crippen LogP contribution in [-0.2, 0) is 9.53 Å². The highest BCUT2D eigenvalue weighted by Crippen LogP contribution is 2.10. The molecule has 0 bridgehead atoms. The van der Waals surface area contributed by atoms with Crippen molar-refractivity contribution in [1.29, 1.82) is 0 Å². The van der Waals surface area contributed by atoms with Crippen LogP contribution in [0.15, 0.2) is 0 Å². The summed E-state index contributed by atoms with van der Waals surface area (Å²) in [7, 11) is 1.57. The fraction of sp³-hybridized carbons (Fsp3) is 0.923. The number of Topliss-reactive ketones (excluding diaryl/α,β-unsaturated/α-hetero) is 1. The largest absolute Gasteiger partial charge is 0.393 e. The first kappa shape index (κ1) is 16.6. The summed E-state index contributed by atoms with van der Waals surface area (Å²) in [6.45, 7) is 2.40. The molecule has 0 heterocycles. The molecule has 0 amide bonds. The van der Waals surface area contributed by atoms with Gasteiger partial charge in [-0.2, -0.15) is 0 Å². The molecule has 0 aromatic heterocycles. The second-order valence-corrected chi connectivity index (χ2v) is 4.47. The van der Waals surface area contributed by atoms with E-state index >= 15 is 0 Å². The van der Waals surface area contributed by atoms with Gasteiger partial charge in [-0.15, -0.1) is 0 Å². The Labute approximate surface area is 104 Å². The zero-order valence-electron chi connectivity index (χ0n) is 11.0. The van der Waals surface area contributed by atoms with Crippen molar-refractivity contribution in [3.8, 4) is 0 Å². The third-order valence-electron chi connectivity index (χ3n) is 2.89. The van der Waals surface area contributed by atoms with Gasteiger partial charge in [0.2, 0.25) is 0 Å². The van der Waals surface area contributed by atoms with Crippen LogP contribution in [0.2, 0.25) is 0 Å². The minimum absolute atomic E-state index is 0.138. The van der Waals surface area contributed by atoms with Gasteiger partial charge in [-0.05, 0) is 32.1 Å². The highest BCUT2D eigenvalue weighted by molar-refractivity contribution is 5.78. The SMILES string of the molecule is CCC(O)CCCC(O)CCC(=O)CCOC. The number of hydrogen-bond donors (Lipinski definition) is 2. The number of hydrogen-bond acceptors (Lipinski definition) is 4. The van der Waals surface area contributed by atoms with Gasteiger partial charge in [0.1, 0.15) is 5.78 Å². The molecule has 0 spiro atoms. The quantitative estimate of drug-likeness (QED) is 0.582. The number of carbonyl (C=O) groups is 1. The smallest absolute Gasteiger partial charge is 0.135 e. The zero-order valence-corrected chi connectivity index (χ0v) is 11.0. The summed E-state index contributed by atoms with van der Waals surface area (Å²) in [4.78, 5) is 11.3. The van der Waals surface area contributed by atoms with Gasteiger partial charge in [-0.3, -0.25) is 4.79 Å². The molecule has 102 valence electrons. The molecule has 0 saturated heterocycles. The van der Waals surface area contributed by atoms with Gasteiger partial charge in [0.05, 0.1) is 18.8 Å². The topological polar surface area (TPSA) is 66.8 Å². The van der Waals surface area contributed by atoms with E-state index in [1.165, 1.54) is 0 Å². The third-order valence-corrected chi connectivity index (χ3v) is 2.89. The molecule has 0 fully saturated rings. The van der Waals surface area contributed by atoms with Crippen LogP contribution in [0.1, 0.15) is 51.9 Å². The number of aliphatic hydroxyl groups is 2. The van der Waals surface area contributed by atoms with Crippen LogP contribution >= 0.6 is 0 Å². The van der Waals surface area contributed by atoms with Gasteiger partial charge in [-0.25, -0.2) is 0 Å². The lowest BCUT2D eigenvalue weighted by molar-refractivity contribution is -0.120. The van der Waals surface area contributed by atoms with Crippen molar-refractivity contribution in [2.24, 2.45) is 0 Å². The molecule has 0 aromatic carbocycles. The summed E-state index contributed by atoms with van der Waals surface area (Å²) < 4.78 is 4.81. The number of ketones is 1. The molecule has 0 aliphatic rings. The molecule has 4 heteroatoms. The van der Waals surface area contributed by atoms with Crippen molar-refractivity contribution in [2.45, 2.75) is 64.1 Å². The Hall–Kier alpha value is -0.450. The van der Waals surface area contributed by atoms with E-state index in [1.54, 1.807) is 7.11 Å². The van der Waals surface area contributed by atoms with Crippen LogP contribution in [0.3, 0.4) is 0 Å². The maximum absolute atomic E-state index is 11.3. The minimum atomic E-state index is -0.425. The third kappa shape index (κ3) is 10.4. The van der Waals surface area contributed by atoms with Gasteiger partial charge >= 0.3 is 0 Å². The number of rotatable bonds is 11. The average Bonchev–Trinajstić information content (AvgIpc) is 2.33. The Morgan fingerprint density at radius 1 is 1.12 bits per heavy atom. The Morgan fingerprint density at radius 2 is 1.76 bits per heavy atom. The van der Waals surface area contributed by atoms with E-state index in [4.69, 9.17) is 4.74 Å². The van der Waals surface area contributed by atoms with E-state index in [2.05, 4.69) is 0 Å². The maximum atomic E-state index is 11.3.